The number of hydrogen-bond donors (Lipinski definition) is 1. The maximum Gasteiger partial charge on any atom is 0.291 e. The summed E-state index contributed by atoms with van der Waals surface area (Å²) in [6, 6.07) is 18.5. The predicted octanol–water partition coefficient (Wildman–Crippen LogP) is 4.71. The fraction of sp³-hybridized carbons (Fsp3) is 0.318. The van der Waals surface area contributed by atoms with Crippen molar-refractivity contribution < 1.29 is 9.63 Å². The Hall–Kier alpha value is -2.59. The van der Waals surface area contributed by atoms with Crippen molar-refractivity contribution >= 4 is 16.8 Å². The molecule has 136 valence electrons. The van der Waals surface area contributed by atoms with E-state index in [9.17, 15) is 4.79 Å². The topological polar surface area (TPSA) is 43.3 Å². The Kier molecular flexibility index (Phi) is 6.08. The smallest absolute Gasteiger partial charge is 0.291 e. The van der Waals surface area contributed by atoms with Crippen LogP contribution in [-0.4, -0.2) is 17.1 Å². The molecule has 1 heterocycles. The largest absolute Gasteiger partial charge is 0.332 e. The van der Waals surface area contributed by atoms with Crippen LogP contribution < -0.4 is 5.48 Å². The van der Waals surface area contributed by atoms with Gasteiger partial charge in [0, 0.05) is 17.4 Å². The zero-order valence-corrected chi connectivity index (χ0v) is 15.5. The quantitative estimate of drug-likeness (QED) is 0.598. The highest BCUT2D eigenvalue weighted by atomic mass is 16.6. The van der Waals surface area contributed by atoms with Crippen molar-refractivity contribution in [3.8, 4) is 0 Å². The first kappa shape index (κ1) is 18.2. The van der Waals surface area contributed by atoms with Gasteiger partial charge in [0.15, 0.2) is 0 Å². The van der Waals surface area contributed by atoms with Crippen LogP contribution in [0.5, 0.6) is 0 Å². The minimum atomic E-state index is -0.176. The van der Waals surface area contributed by atoms with Gasteiger partial charge in [-0.1, -0.05) is 61.9 Å². The van der Waals surface area contributed by atoms with Crippen molar-refractivity contribution in [3.05, 3.63) is 71.4 Å². The summed E-state index contributed by atoms with van der Waals surface area (Å²) in [5, 5.41) is 1.15. The van der Waals surface area contributed by atoms with E-state index >= 15 is 0 Å². The van der Waals surface area contributed by atoms with Crippen molar-refractivity contribution in [2.24, 2.45) is 0 Å². The van der Waals surface area contributed by atoms with Crippen LogP contribution in [0.2, 0.25) is 0 Å². The molecule has 0 atom stereocenters. The van der Waals surface area contributed by atoms with E-state index in [1.807, 2.05) is 37.3 Å². The molecule has 0 bridgehead atoms. The maximum atomic E-state index is 12.9. The summed E-state index contributed by atoms with van der Waals surface area (Å²) < 4.78 is 2.12. The Morgan fingerprint density at radius 3 is 2.50 bits per heavy atom. The van der Waals surface area contributed by atoms with Gasteiger partial charge in [-0.2, -0.15) is 0 Å². The minimum absolute atomic E-state index is 0.176. The maximum absolute atomic E-state index is 12.9. The second kappa shape index (κ2) is 8.68. The molecular formula is C22H26N2O2. The molecule has 0 saturated carbocycles. The average Bonchev–Trinajstić information content (AvgIpc) is 2.99. The van der Waals surface area contributed by atoms with Crippen molar-refractivity contribution in [2.75, 3.05) is 6.61 Å². The first-order chi connectivity index (χ1) is 12.8. The van der Waals surface area contributed by atoms with Crippen molar-refractivity contribution in [1.82, 2.24) is 10.0 Å². The molecule has 0 spiro atoms. The molecular weight excluding hydrogens is 324 g/mol. The number of nitrogens with zero attached hydrogens (tertiary/aromatic N) is 1. The molecule has 26 heavy (non-hydrogen) atoms. The van der Waals surface area contributed by atoms with Gasteiger partial charge in [0.1, 0.15) is 5.69 Å². The number of aryl methyl sites for hydroxylation is 1. The minimum Gasteiger partial charge on any atom is -0.332 e. The second-order valence-corrected chi connectivity index (χ2v) is 6.38. The van der Waals surface area contributed by atoms with Crippen molar-refractivity contribution in [3.63, 3.8) is 0 Å². The summed E-state index contributed by atoms with van der Waals surface area (Å²) in [5.74, 6) is -0.176. The molecule has 0 unspecified atom stereocenters. The van der Waals surface area contributed by atoms with E-state index in [1.54, 1.807) is 0 Å². The zero-order chi connectivity index (χ0) is 18.4. The number of rotatable bonds is 8. The Balaban J connectivity index is 2.14. The number of hydroxylamine groups is 1. The first-order valence-corrected chi connectivity index (χ1v) is 9.32. The number of carbonyl (C=O) groups excluding carboxylic acids is 1. The number of fused-ring (bicyclic) bond motifs is 1. The van der Waals surface area contributed by atoms with E-state index in [0.717, 1.165) is 35.7 Å². The first-order valence-electron chi connectivity index (χ1n) is 9.32. The number of benzene rings is 2. The van der Waals surface area contributed by atoms with E-state index in [1.165, 1.54) is 5.56 Å². The number of aromatic nitrogens is 1. The highest BCUT2D eigenvalue weighted by molar-refractivity contribution is 6.01. The monoisotopic (exact) mass is 350 g/mol. The van der Waals surface area contributed by atoms with Crippen LogP contribution in [0, 0.1) is 0 Å². The standard InChI is InChI=1S/C22H26N2O2/c1-3-5-13-19-18-14-9-10-15-20(18)24(16-17-11-7-6-8-12-17)21(19)22(25)23-26-4-2/h6-12,14-15H,3-5,13,16H2,1-2H3,(H,23,25). The third kappa shape index (κ3) is 3.81. The average molecular weight is 350 g/mol. The third-order valence-corrected chi connectivity index (χ3v) is 4.56. The number of para-hydroxylation sites is 1. The fourth-order valence-electron chi connectivity index (χ4n) is 3.36. The van der Waals surface area contributed by atoms with E-state index in [-0.39, 0.29) is 5.91 Å². The number of nitrogens with one attached hydrogen (secondary N) is 1. The number of carbonyl (C=O) groups is 1. The summed E-state index contributed by atoms with van der Waals surface area (Å²) in [4.78, 5) is 18.1. The van der Waals surface area contributed by atoms with E-state index in [0.29, 0.717) is 18.8 Å². The van der Waals surface area contributed by atoms with Crippen LogP contribution in [0.1, 0.15) is 48.3 Å². The lowest BCUT2D eigenvalue weighted by Gasteiger charge is -2.12. The van der Waals surface area contributed by atoms with Crippen LogP contribution in [0.4, 0.5) is 0 Å². The molecule has 0 aliphatic carbocycles. The van der Waals surface area contributed by atoms with E-state index in [4.69, 9.17) is 4.84 Å². The lowest BCUT2D eigenvalue weighted by atomic mass is 10.0. The normalized spacial score (nSPS) is 11.0. The number of amides is 1. The summed E-state index contributed by atoms with van der Waals surface area (Å²) in [6.07, 6.45) is 3.02. The second-order valence-electron chi connectivity index (χ2n) is 6.38. The molecule has 0 fully saturated rings. The molecule has 2 aromatic carbocycles. The van der Waals surface area contributed by atoms with Gasteiger partial charge in [-0.15, -0.1) is 0 Å². The van der Waals surface area contributed by atoms with E-state index < -0.39 is 0 Å². The summed E-state index contributed by atoms with van der Waals surface area (Å²) in [6.45, 7) is 5.12. The number of unbranched alkanes of at least 4 members (excludes halogenated alkanes) is 1. The molecule has 3 aromatic rings. The number of hydrogen-bond acceptors (Lipinski definition) is 2. The van der Waals surface area contributed by atoms with Gasteiger partial charge in [0.05, 0.1) is 6.61 Å². The van der Waals surface area contributed by atoms with Gasteiger partial charge < -0.3 is 4.57 Å². The molecule has 1 aromatic heterocycles. The van der Waals surface area contributed by atoms with Gasteiger partial charge in [0.2, 0.25) is 0 Å². The fourth-order valence-corrected chi connectivity index (χ4v) is 3.36. The van der Waals surface area contributed by atoms with Crippen LogP contribution in [0.3, 0.4) is 0 Å². The van der Waals surface area contributed by atoms with Gasteiger partial charge in [-0.05, 0) is 37.0 Å². The van der Waals surface area contributed by atoms with E-state index in [2.05, 4.69) is 41.2 Å². The van der Waals surface area contributed by atoms with Crippen LogP contribution >= 0.6 is 0 Å². The summed E-state index contributed by atoms with van der Waals surface area (Å²) in [7, 11) is 0. The van der Waals surface area contributed by atoms with Crippen LogP contribution in [-0.2, 0) is 17.8 Å². The summed E-state index contributed by atoms with van der Waals surface area (Å²) >= 11 is 0. The van der Waals surface area contributed by atoms with Crippen LogP contribution in [0.25, 0.3) is 10.9 Å². The molecule has 0 aliphatic rings. The Labute approximate surface area is 154 Å². The van der Waals surface area contributed by atoms with Crippen molar-refractivity contribution in [1.29, 1.82) is 0 Å². The molecule has 0 radical (unpaired) electrons. The highest BCUT2D eigenvalue weighted by Gasteiger charge is 2.22. The lowest BCUT2D eigenvalue weighted by Crippen LogP contribution is -2.27. The molecule has 4 nitrogen and oxygen atoms in total. The molecule has 1 amide bonds. The van der Waals surface area contributed by atoms with Gasteiger partial charge in [0.25, 0.3) is 5.91 Å². The Morgan fingerprint density at radius 2 is 1.77 bits per heavy atom. The Bertz CT molecular complexity index is 868. The molecule has 4 heteroatoms. The predicted molar refractivity (Wildman–Crippen MR) is 105 cm³/mol. The lowest BCUT2D eigenvalue weighted by molar-refractivity contribution is 0.0356. The summed E-state index contributed by atoms with van der Waals surface area (Å²) in [5.41, 5.74) is 6.66. The van der Waals surface area contributed by atoms with Crippen LogP contribution in [0.15, 0.2) is 54.6 Å². The zero-order valence-electron chi connectivity index (χ0n) is 15.5. The highest BCUT2D eigenvalue weighted by Crippen LogP contribution is 2.29. The van der Waals surface area contributed by atoms with Gasteiger partial charge in [-0.3, -0.25) is 9.63 Å². The Morgan fingerprint density at radius 1 is 1.04 bits per heavy atom. The molecule has 1 N–H and O–H groups in total. The van der Waals surface area contributed by atoms with Gasteiger partial charge >= 0.3 is 0 Å². The van der Waals surface area contributed by atoms with Gasteiger partial charge in [-0.25, -0.2) is 5.48 Å². The SMILES string of the molecule is CCCCc1c(C(=O)NOCC)n(Cc2ccccc2)c2ccccc12. The molecule has 0 saturated heterocycles. The molecule has 3 rings (SSSR count). The third-order valence-electron chi connectivity index (χ3n) is 4.56. The van der Waals surface area contributed by atoms with Crippen molar-refractivity contribution in [2.45, 2.75) is 39.7 Å². The molecule has 0 aliphatic heterocycles.